The molecule has 2 aliphatic rings. The molecule has 0 atom stereocenters. The Kier molecular flexibility index (Phi) is 11.9. The molecule has 3 heterocycles. The number of nitrogens with one attached hydrogen (secondary N) is 4. The summed E-state index contributed by atoms with van der Waals surface area (Å²) in [7, 11) is 0. The van der Waals surface area contributed by atoms with Crippen LogP contribution in [0, 0.1) is 0 Å². The number of para-hydroxylation sites is 1. The van der Waals surface area contributed by atoms with Gasteiger partial charge < -0.3 is 31.3 Å². The summed E-state index contributed by atoms with van der Waals surface area (Å²) >= 11 is 0. The Morgan fingerprint density at radius 1 is 0.930 bits per heavy atom. The average molecular weight is 593 g/mol. The summed E-state index contributed by atoms with van der Waals surface area (Å²) in [6.45, 7) is 6.80. The molecule has 1 saturated heterocycles. The molecule has 0 unspecified atom stereocenters. The van der Waals surface area contributed by atoms with E-state index >= 15 is 0 Å². The first-order valence-electron chi connectivity index (χ1n) is 16.2. The number of carboxylic acid groups (broad SMARTS) is 1. The molecule has 43 heavy (non-hydrogen) atoms. The molecule has 12 heteroatoms. The van der Waals surface area contributed by atoms with Gasteiger partial charge in [0, 0.05) is 43.6 Å². The van der Waals surface area contributed by atoms with Crippen molar-refractivity contribution in [2.45, 2.75) is 89.4 Å². The maximum absolute atomic E-state index is 10.9. The average Bonchev–Trinajstić information content (AvgIpc) is 3.49. The lowest BCUT2D eigenvalue weighted by Gasteiger charge is -2.32. The number of aryl methyl sites for hydroxylation is 1. The second-order valence-electron chi connectivity index (χ2n) is 11.9. The van der Waals surface area contributed by atoms with E-state index in [0.717, 1.165) is 93.4 Å². The molecule has 234 valence electrons. The van der Waals surface area contributed by atoms with Crippen LogP contribution in [0.4, 0.5) is 11.8 Å². The minimum atomic E-state index is -0.744. The molecular weight excluding hydrogens is 544 g/mol. The Labute approximate surface area is 254 Å². The Balaban J connectivity index is 1.03. The number of hydrogen-bond donors (Lipinski definition) is 5. The van der Waals surface area contributed by atoms with E-state index < -0.39 is 5.97 Å². The second kappa shape index (κ2) is 16.5. The number of likely N-dealkylation sites (tertiary alicyclic amines) is 1. The SMILES string of the molecule is O=C(O)CCN1CCC(Nc2nc(NCc3cn(CCCNCCCNC4CCCCC4)nn3)nc3ccccc23)CC1. The van der Waals surface area contributed by atoms with Crippen molar-refractivity contribution < 1.29 is 9.90 Å². The van der Waals surface area contributed by atoms with Crippen molar-refractivity contribution in [1.82, 2.24) is 40.5 Å². The van der Waals surface area contributed by atoms with Crippen LogP contribution in [0.2, 0.25) is 0 Å². The summed E-state index contributed by atoms with van der Waals surface area (Å²) in [5.41, 5.74) is 1.73. The molecule has 3 aromatic rings. The lowest BCUT2D eigenvalue weighted by atomic mass is 9.95. The summed E-state index contributed by atoms with van der Waals surface area (Å²) in [5.74, 6) is 0.626. The van der Waals surface area contributed by atoms with Gasteiger partial charge in [-0.3, -0.25) is 9.48 Å². The monoisotopic (exact) mass is 592 g/mol. The standard InChI is InChI=1S/C31H48N10O2/c42-29(43)14-21-40-19-12-25(13-20-40)35-30-27-10-4-5-11-28(27)36-31(37-30)34-22-26-23-41(39-38-26)18-7-16-32-15-6-17-33-24-8-2-1-3-9-24/h4-5,10-11,23-25,32-33H,1-3,6-9,12-22H2,(H,42,43)(H2,34,35,36,37). The van der Waals surface area contributed by atoms with E-state index in [1.54, 1.807) is 0 Å². The maximum atomic E-state index is 10.9. The van der Waals surface area contributed by atoms with Crippen LogP contribution in [-0.2, 0) is 17.9 Å². The van der Waals surface area contributed by atoms with Gasteiger partial charge in [-0.2, -0.15) is 4.98 Å². The van der Waals surface area contributed by atoms with Crippen molar-refractivity contribution in [1.29, 1.82) is 0 Å². The van der Waals surface area contributed by atoms with Crippen molar-refractivity contribution in [3.8, 4) is 0 Å². The number of carbonyl (C=O) groups is 1. The van der Waals surface area contributed by atoms with E-state index in [9.17, 15) is 4.79 Å². The fourth-order valence-corrected chi connectivity index (χ4v) is 6.03. The quantitative estimate of drug-likeness (QED) is 0.147. The Morgan fingerprint density at radius 2 is 1.74 bits per heavy atom. The fourth-order valence-electron chi connectivity index (χ4n) is 6.03. The van der Waals surface area contributed by atoms with Gasteiger partial charge >= 0.3 is 5.97 Å². The van der Waals surface area contributed by atoms with Gasteiger partial charge in [0.25, 0.3) is 0 Å². The van der Waals surface area contributed by atoms with Gasteiger partial charge in [0.1, 0.15) is 11.5 Å². The third-order valence-corrected chi connectivity index (χ3v) is 8.50. The highest BCUT2D eigenvalue weighted by atomic mass is 16.4. The number of aromatic nitrogens is 5. The zero-order chi connectivity index (χ0) is 29.7. The van der Waals surface area contributed by atoms with E-state index in [4.69, 9.17) is 15.1 Å². The van der Waals surface area contributed by atoms with E-state index in [2.05, 4.69) is 36.5 Å². The van der Waals surface area contributed by atoms with Gasteiger partial charge in [0.05, 0.1) is 24.7 Å². The highest BCUT2D eigenvalue weighted by Crippen LogP contribution is 2.25. The number of nitrogens with zero attached hydrogens (tertiary/aromatic N) is 6. The molecule has 0 radical (unpaired) electrons. The van der Waals surface area contributed by atoms with Crippen LogP contribution in [-0.4, -0.2) is 92.3 Å². The van der Waals surface area contributed by atoms with Crippen LogP contribution >= 0.6 is 0 Å². The summed E-state index contributed by atoms with van der Waals surface area (Å²) in [6.07, 6.45) is 13.1. The van der Waals surface area contributed by atoms with Gasteiger partial charge in [-0.05, 0) is 70.3 Å². The van der Waals surface area contributed by atoms with Crippen LogP contribution in [0.15, 0.2) is 30.5 Å². The normalized spacial score (nSPS) is 16.9. The first kappa shape index (κ1) is 31.1. The molecule has 0 spiro atoms. The molecule has 5 N–H and O–H groups in total. The number of rotatable bonds is 17. The largest absolute Gasteiger partial charge is 0.481 e. The minimum absolute atomic E-state index is 0.188. The fraction of sp³-hybridized carbons (Fsp3) is 0.645. The molecule has 0 bridgehead atoms. The minimum Gasteiger partial charge on any atom is -0.481 e. The van der Waals surface area contributed by atoms with E-state index in [0.29, 0.717) is 19.0 Å². The van der Waals surface area contributed by atoms with Gasteiger partial charge in [0.15, 0.2) is 0 Å². The Hall–Kier alpha value is -3.35. The molecule has 2 aromatic heterocycles. The van der Waals surface area contributed by atoms with Crippen molar-refractivity contribution in [3.05, 3.63) is 36.2 Å². The molecule has 0 amide bonds. The number of carboxylic acids is 1. The van der Waals surface area contributed by atoms with E-state index in [-0.39, 0.29) is 12.5 Å². The number of piperidine rings is 1. The summed E-state index contributed by atoms with van der Waals surface area (Å²) in [5, 5.41) is 32.8. The number of fused-ring (bicyclic) bond motifs is 1. The molecule has 5 rings (SSSR count). The third-order valence-electron chi connectivity index (χ3n) is 8.50. The van der Waals surface area contributed by atoms with Gasteiger partial charge in [-0.1, -0.05) is 36.6 Å². The van der Waals surface area contributed by atoms with Gasteiger partial charge in [-0.25, -0.2) is 4.98 Å². The maximum Gasteiger partial charge on any atom is 0.304 e. The Bertz CT molecular complexity index is 1270. The first-order chi connectivity index (χ1) is 21.1. The zero-order valence-corrected chi connectivity index (χ0v) is 25.3. The number of benzene rings is 1. The lowest BCUT2D eigenvalue weighted by molar-refractivity contribution is -0.137. The predicted molar refractivity (Wildman–Crippen MR) is 169 cm³/mol. The second-order valence-corrected chi connectivity index (χ2v) is 11.9. The molecule has 12 nitrogen and oxygen atoms in total. The van der Waals surface area contributed by atoms with Crippen LogP contribution in [0.25, 0.3) is 10.9 Å². The summed E-state index contributed by atoms with van der Waals surface area (Å²) < 4.78 is 1.90. The number of anilines is 2. The van der Waals surface area contributed by atoms with Crippen molar-refractivity contribution in [2.75, 3.05) is 49.9 Å². The third kappa shape index (κ3) is 10.1. The molecular formula is C31H48N10O2. The first-order valence-corrected chi connectivity index (χ1v) is 16.2. The van der Waals surface area contributed by atoms with Crippen molar-refractivity contribution in [3.63, 3.8) is 0 Å². The molecule has 1 aliphatic heterocycles. The summed E-state index contributed by atoms with van der Waals surface area (Å²) in [6, 6.07) is 9.04. The van der Waals surface area contributed by atoms with Gasteiger partial charge in [-0.15, -0.1) is 5.10 Å². The van der Waals surface area contributed by atoms with Crippen LogP contribution in [0.1, 0.15) is 69.9 Å². The van der Waals surface area contributed by atoms with E-state index in [1.165, 1.54) is 32.1 Å². The van der Waals surface area contributed by atoms with Crippen LogP contribution in [0.5, 0.6) is 0 Å². The molecule has 2 fully saturated rings. The topological polar surface area (TPSA) is 145 Å². The molecule has 1 saturated carbocycles. The molecule has 1 aliphatic carbocycles. The smallest absolute Gasteiger partial charge is 0.304 e. The van der Waals surface area contributed by atoms with Crippen LogP contribution < -0.4 is 21.3 Å². The number of aliphatic carboxylic acids is 1. The van der Waals surface area contributed by atoms with Crippen LogP contribution in [0.3, 0.4) is 0 Å². The predicted octanol–water partition coefficient (Wildman–Crippen LogP) is 3.48. The molecule has 1 aromatic carbocycles. The Morgan fingerprint density at radius 3 is 2.58 bits per heavy atom. The number of hydrogen-bond acceptors (Lipinski definition) is 10. The summed E-state index contributed by atoms with van der Waals surface area (Å²) in [4.78, 5) is 22.7. The van der Waals surface area contributed by atoms with E-state index in [1.807, 2.05) is 35.1 Å². The van der Waals surface area contributed by atoms with Crippen molar-refractivity contribution in [2.24, 2.45) is 0 Å². The highest BCUT2D eigenvalue weighted by molar-refractivity contribution is 5.90. The lowest BCUT2D eigenvalue weighted by Crippen LogP contribution is -2.40. The van der Waals surface area contributed by atoms with Gasteiger partial charge in [0.2, 0.25) is 5.95 Å². The zero-order valence-electron chi connectivity index (χ0n) is 25.3. The van der Waals surface area contributed by atoms with Crippen molar-refractivity contribution >= 4 is 28.6 Å². The highest BCUT2D eigenvalue weighted by Gasteiger charge is 2.21.